The molecule has 0 bridgehead atoms. The molecule has 0 N–H and O–H groups in total. The smallest absolute Gasteiger partial charge is 0.193 e. The molecule has 0 saturated heterocycles. The standard InChI is InChI=1S/C15H13BrOS/c16-14-8-13(9-18-14)15(17)12-6-5-10-3-1-2-4-11(10)7-12/h5-9H,1-4H2. The van der Waals surface area contributed by atoms with Crippen molar-refractivity contribution in [3.05, 3.63) is 55.7 Å². The van der Waals surface area contributed by atoms with E-state index in [0.29, 0.717) is 0 Å². The largest absolute Gasteiger partial charge is 0.289 e. The van der Waals surface area contributed by atoms with Crippen molar-refractivity contribution in [2.24, 2.45) is 0 Å². The zero-order chi connectivity index (χ0) is 12.5. The summed E-state index contributed by atoms with van der Waals surface area (Å²) in [7, 11) is 0. The first-order valence-corrected chi connectivity index (χ1v) is 7.82. The average Bonchev–Trinajstić information content (AvgIpc) is 2.84. The summed E-state index contributed by atoms with van der Waals surface area (Å²) in [6, 6.07) is 8.08. The molecule has 92 valence electrons. The van der Waals surface area contributed by atoms with E-state index in [0.717, 1.165) is 27.8 Å². The van der Waals surface area contributed by atoms with Gasteiger partial charge in [-0.2, -0.15) is 0 Å². The normalized spacial score (nSPS) is 14.3. The number of hydrogen-bond donors (Lipinski definition) is 0. The Hall–Kier alpha value is -0.930. The summed E-state index contributed by atoms with van der Waals surface area (Å²) in [6.07, 6.45) is 4.80. The maximum Gasteiger partial charge on any atom is 0.193 e. The molecule has 0 fully saturated rings. The monoisotopic (exact) mass is 320 g/mol. The summed E-state index contributed by atoms with van der Waals surface area (Å²) in [5.74, 6) is 0.130. The van der Waals surface area contributed by atoms with Crippen LogP contribution in [0, 0.1) is 0 Å². The molecular weight excluding hydrogens is 308 g/mol. The van der Waals surface area contributed by atoms with Crippen LogP contribution in [-0.4, -0.2) is 5.78 Å². The van der Waals surface area contributed by atoms with E-state index in [1.165, 1.54) is 24.0 Å². The minimum atomic E-state index is 0.130. The first kappa shape index (κ1) is 12.1. The van der Waals surface area contributed by atoms with Crippen molar-refractivity contribution in [2.45, 2.75) is 25.7 Å². The molecule has 0 spiro atoms. The van der Waals surface area contributed by atoms with Crippen LogP contribution in [0.1, 0.15) is 39.9 Å². The van der Waals surface area contributed by atoms with Crippen LogP contribution in [0.2, 0.25) is 0 Å². The quantitative estimate of drug-likeness (QED) is 0.738. The second-order valence-electron chi connectivity index (χ2n) is 4.66. The van der Waals surface area contributed by atoms with Crippen molar-refractivity contribution >= 4 is 33.0 Å². The van der Waals surface area contributed by atoms with E-state index in [1.807, 2.05) is 17.5 Å². The van der Waals surface area contributed by atoms with Crippen molar-refractivity contribution in [1.29, 1.82) is 0 Å². The van der Waals surface area contributed by atoms with Crippen molar-refractivity contribution in [2.75, 3.05) is 0 Å². The lowest BCUT2D eigenvalue weighted by atomic mass is 9.89. The summed E-state index contributed by atoms with van der Waals surface area (Å²) in [6.45, 7) is 0. The molecular formula is C15H13BrOS. The maximum atomic E-state index is 12.3. The van der Waals surface area contributed by atoms with Gasteiger partial charge in [0, 0.05) is 16.5 Å². The van der Waals surface area contributed by atoms with Gasteiger partial charge in [-0.3, -0.25) is 4.79 Å². The Morgan fingerprint density at radius 1 is 1.06 bits per heavy atom. The van der Waals surface area contributed by atoms with Crippen molar-refractivity contribution in [3.63, 3.8) is 0 Å². The third-order valence-corrected chi connectivity index (χ3v) is 4.94. The predicted molar refractivity (Wildman–Crippen MR) is 78.5 cm³/mol. The molecule has 18 heavy (non-hydrogen) atoms. The Kier molecular flexibility index (Phi) is 3.35. The van der Waals surface area contributed by atoms with Crippen LogP contribution in [0.5, 0.6) is 0 Å². The van der Waals surface area contributed by atoms with Gasteiger partial charge in [-0.25, -0.2) is 0 Å². The van der Waals surface area contributed by atoms with Gasteiger partial charge in [-0.1, -0.05) is 12.1 Å². The molecule has 0 radical (unpaired) electrons. The Balaban J connectivity index is 1.95. The maximum absolute atomic E-state index is 12.3. The molecule has 2 aromatic rings. The number of ketones is 1. The molecule has 0 amide bonds. The van der Waals surface area contributed by atoms with Crippen molar-refractivity contribution in [3.8, 4) is 0 Å². The lowest BCUT2D eigenvalue weighted by Crippen LogP contribution is -2.06. The minimum absolute atomic E-state index is 0.130. The van der Waals surface area contributed by atoms with E-state index in [2.05, 4.69) is 28.1 Å². The molecule has 3 heteroatoms. The second kappa shape index (κ2) is 4.98. The number of carbonyl (C=O) groups is 1. The molecule has 3 rings (SSSR count). The van der Waals surface area contributed by atoms with Gasteiger partial charge in [0.25, 0.3) is 0 Å². The van der Waals surface area contributed by atoms with E-state index >= 15 is 0 Å². The van der Waals surface area contributed by atoms with Crippen LogP contribution in [0.15, 0.2) is 33.4 Å². The third kappa shape index (κ3) is 2.29. The van der Waals surface area contributed by atoms with Gasteiger partial charge in [-0.05, 0) is 64.9 Å². The molecule has 0 atom stereocenters. The van der Waals surface area contributed by atoms with Crippen LogP contribution in [0.3, 0.4) is 0 Å². The van der Waals surface area contributed by atoms with Crippen LogP contribution < -0.4 is 0 Å². The predicted octanol–water partition coefficient (Wildman–Crippen LogP) is 4.62. The summed E-state index contributed by atoms with van der Waals surface area (Å²) in [5.41, 5.74) is 4.38. The summed E-state index contributed by atoms with van der Waals surface area (Å²) >= 11 is 4.95. The van der Waals surface area contributed by atoms with E-state index in [1.54, 1.807) is 11.3 Å². The van der Waals surface area contributed by atoms with Gasteiger partial charge >= 0.3 is 0 Å². The van der Waals surface area contributed by atoms with Crippen molar-refractivity contribution < 1.29 is 4.79 Å². The fraction of sp³-hybridized carbons (Fsp3) is 0.267. The van der Waals surface area contributed by atoms with Crippen LogP contribution >= 0.6 is 27.3 Å². The van der Waals surface area contributed by atoms with Gasteiger partial charge in [0.15, 0.2) is 5.78 Å². The van der Waals surface area contributed by atoms with Crippen LogP contribution in [0.25, 0.3) is 0 Å². The molecule has 1 aliphatic rings. The van der Waals surface area contributed by atoms with E-state index in [4.69, 9.17) is 0 Å². The number of aryl methyl sites for hydroxylation is 2. The minimum Gasteiger partial charge on any atom is -0.289 e. The second-order valence-corrected chi connectivity index (χ2v) is 6.95. The zero-order valence-electron chi connectivity index (χ0n) is 9.91. The first-order valence-electron chi connectivity index (χ1n) is 6.14. The number of hydrogen-bond acceptors (Lipinski definition) is 2. The fourth-order valence-electron chi connectivity index (χ4n) is 2.47. The van der Waals surface area contributed by atoms with Gasteiger partial charge in [0.1, 0.15) is 0 Å². The molecule has 1 aromatic heterocycles. The zero-order valence-corrected chi connectivity index (χ0v) is 12.3. The molecule has 0 saturated carbocycles. The average molecular weight is 321 g/mol. The summed E-state index contributed by atoms with van der Waals surface area (Å²) < 4.78 is 1.00. The number of benzene rings is 1. The van der Waals surface area contributed by atoms with Gasteiger partial charge in [0.05, 0.1) is 3.79 Å². The Morgan fingerprint density at radius 3 is 2.56 bits per heavy atom. The first-order chi connectivity index (χ1) is 8.74. The Morgan fingerprint density at radius 2 is 1.83 bits per heavy atom. The van der Waals surface area contributed by atoms with E-state index in [9.17, 15) is 4.79 Å². The molecule has 1 aliphatic carbocycles. The Labute approximate surface area is 119 Å². The number of rotatable bonds is 2. The van der Waals surface area contributed by atoms with Crippen LogP contribution in [-0.2, 0) is 12.8 Å². The number of carbonyl (C=O) groups excluding carboxylic acids is 1. The third-order valence-electron chi connectivity index (χ3n) is 3.44. The summed E-state index contributed by atoms with van der Waals surface area (Å²) in [5, 5.41) is 1.91. The highest BCUT2D eigenvalue weighted by Crippen LogP contribution is 2.26. The highest BCUT2D eigenvalue weighted by molar-refractivity contribution is 9.11. The molecule has 1 heterocycles. The van der Waals surface area contributed by atoms with Crippen LogP contribution in [0.4, 0.5) is 0 Å². The molecule has 0 unspecified atom stereocenters. The lowest BCUT2D eigenvalue weighted by Gasteiger charge is -2.16. The molecule has 1 aromatic carbocycles. The van der Waals surface area contributed by atoms with Crippen molar-refractivity contribution in [1.82, 2.24) is 0 Å². The van der Waals surface area contributed by atoms with E-state index < -0.39 is 0 Å². The highest BCUT2D eigenvalue weighted by Gasteiger charge is 2.15. The molecule has 0 aliphatic heterocycles. The lowest BCUT2D eigenvalue weighted by molar-refractivity contribution is 0.103. The number of halogens is 1. The van der Waals surface area contributed by atoms with Gasteiger partial charge in [0.2, 0.25) is 0 Å². The van der Waals surface area contributed by atoms with E-state index in [-0.39, 0.29) is 5.78 Å². The SMILES string of the molecule is O=C(c1csc(Br)c1)c1ccc2c(c1)CCCC2. The topological polar surface area (TPSA) is 17.1 Å². The fourth-order valence-corrected chi connectivity index (χ4v) is 3.61. The van der Waals surface area contributed by atoms with Gasteiger partial charge < -0.3 is 0 Å². The Bertz CT molecular complexity index is 600. The number of fused-ring (bicyclic) bond motifs is 1. The highest BCUT2D eigenvalue weighted by atomic mass is 79.9. The number of thiophene rings is 1. The molecule has 1 nitrogen and oxygen atoms in total. The summed E-state index contributed by atoms with van der Waals surface area (Å²) in [4.78, 5) is 12.3. The van der Waals surface area contributed by atoms with Gasteiger partial charge in [-0.15, -0.1) is 11.3 Å².